The summed E-state index contributed by atoms with van der Waals surface area (Å²) in [4.78, 5) is 21.5. The second-order valence-corrected chi connectivity index (χ2v) is 9.33. The van der Waals surface area contributed by atoms with Crippen LogP contribution >= 0.6 is 0 Å². The van der Waals surface area contributed by atoms with Crippen molar-refractivity contribution in [3.8, 4) is 17.0 Å². The van der Waals surface area contributed by atoms with Crippen LogP contribution in [0.3, 0.4) is 0 Å². The fraction of sp³-hybridized carbons (Fsp3) is 0.556. The molecule has 0 fully saturated rings. The molecule has 1 aliphatic rings. The number of amides is 1. The monoisotopic (exact) mass is 437 g/mol. The van der Waals surface area contributed by atoms with Crippen molar-refractivity contribution in [1.29, 1.82) is 0 Å². The maximum absolute atomic E-state index is 12.6. The maximum atomic E-state index is 12.6. The minimum absolute atomic E-state index is 0.121. The Hall–Kier alpha value is -2.40. The summed E-state index contributed by atoms with van der Waals surface area (Å²) in [6, 6.07) is 10.4. The summed E-state index contributed by atoms with van der Waals surface area (Å²) in [6.07, 6.45) is 9.04. The molecule has 5 nitrogen and oxygen atoms in total. The average molecular weight is 438 g/mol. The van der Waals surface area contributed by atoms with Crippen LogP contribution in [0.15, 0.2) is 36.5 Å². The number of rotatable bonds is 5. The highest BCUT2D eigenvalue weighted by molar-refractivity contribution is 5.92. The zero-order valence-electron chi connectivity index (χ0n) is 20.3. The van der Waals surface area contributed by atoms with Gasteiger partial charge in [-0.2, -0.15) is 0 Å². The van der Waals surface area contributed by atoms with E-state index in [0.29, 0.717) is 11.8 Å². The summed E-state index contributed by atoms with van der Waals surface area (Å²) < 4.78 is 5.21. The number of nitrogens with zero attached hydrogens (tertiary/aromatic N) is 3. The lowest BCUT2D eigenvalue weighted by molar-refractivity contribution is -0.116. The molecule has 5 heteroatoms. The van der Waals surface area contributed by atoms with Gasteiger partial charge in [0.05, 0.1) is 7.11 Å². The number of hydrogen-bond donors (Lipinski definition) is 0. The van der Waals surface area contributed by atoms with Crippen LogP contribution in [0.25, 0.3) is 11.1 Å². The Kier molecular flexibility index (Phi) is 9.10. The average Bonchev–Trinajstić information content (AvgIpc) is 2.78. The molecular weight excluding hydrogens is 398 g/mol. The fourth-order valence-corrected chi connectivity index (χ4v) is 4.36. The first-order chi connectivity index (χ1) is 15.5. The van der Waals surface area contributed by atoms with Gasteiger partial charge in [0.15, 0.2) is 0 Å². The van der Waals surface area contributed by atoms with Crippen LogP contribution in [0.1, 0.15) is 64.9 Å². The van der Waals surface area contributed by atoms with Crippen molar-refractivity contribution in [1.82, 2.24) is 9.88 Å². The van der Waals surface area contributed by atoms with Gasteiger partial charge in [0.1, 0.15) is 0 Å². The quantitative estimate of drug-likeness (QED) is 0.582. The number of pyridine rings is 1. The van der Waals surface area contributed by atoms with Gasteiger partial charge in [-0.05, 0) is 67.6 Å². The molecule has 32 heavy (non-hydrogen) atoms. The van der Waals surface area contributed by atoms with Crippen LogP contribution in [-0.4, -0.2) is 42.5 Å². The van der Waals surface area contributed by atoms with Crippen LogP contribution in [0.4, 0.5) is 5.69 Å². The van der Waals surface area contributed by atoms with Gasteiger partial charge in [-0.3, -0.25) is 9.69 Å². The van der Waals surface area contributed by atoms with Crippen molar-refractivity contribution in [3.63, 3.8) is 0 Å². The van der Waals surface area contributed by atoms with Gasteiger partial charge in [0.25, 0.3) is 0 Å². The van der Waals surface area contributed by atoms with Gasteiger partial charge >= 0.3 is 0 Å². The van der Waals surface area contributed by atoms with E-state index in [1.54, 1.807) is 14.0 Å². The maximum Gasteiger partial charge on any atom is 0.223 e. The number of aromatic nitrogens is 1. The molecule has 0 unspecified atom stereocenters. The standard InChI is InChI=1S/C27H39N3O2/c1-21(2)14-17-29-15-8-6-5-7-9-16-30(22(3)31)26-12-10-23(18-25(26)20-29)24-11-13-27(32-4)28-19-24/h10-13,18-19,21H,5-9,14-17,20H2,1-4H3. The van der Waals surface area contributed by atoms with E-state index in [1.807, 2.05) is 23.2 Å². The molecule has 2 heterocycles. The summed E-state index contributed by atoms with van der Waals surface area (Å²) in [6.45, 7) is 10.1. The molecule has 1 aliphatic heterocycles. The third-order valence-electron chi connectivity index (χ3n) is 6.30. The Morgan fingerprint density at radius 3 is 2.41 bits per heavy atom. The molecule has 0 bridgehead atoms. The van der Waals surface area contributed by atoms with Gasteiger partial charge in [-0.1, -0.05) is 39.2 Å². The van der Waals surface area contributed by atoms with E-state index < -0.39 is 0 Å². The zero-order valence-corrected chi connectivity index (χ0v) is 20.3. The minimum Gasteiger partial charge on any atom is -0.481 e. The molecule has 0 radical (unpaired) electrons. The Morgan fingerprint density at radius 1 is 1.03 bits per heavy atom. The van der Waals surface area contributed by atoms with Gasteiger partial charge in [-0.15, -0.1) is 0 Å². The van der Waals surface area contributed by atoms with Crippen LogP contribution in [0, 0.1) is 5.92 Å². The normalized spacial score (nSPS) is 16.2. The van der Waals surface area contributed by atoms with E-state index in [9.17, 15) is 4.79 Å². The lowest BCUT2D eigenvalue weighted by Crippen LogP contribution is -2.33. The number of ether oxygens (including phenoxy) is 1. The number of carbonyl (C=O) groups excluding carboxylic acids is 1. The van der Waals surface area contributed by atoms with E-state index in [1.165, 1.54) is 37.7 Å². The molecule has 0 saturated heterocycles. The first-order valence-corrected chi connectivity index (χ1v) is 12.1. The molecule has 1 aromatic heterocycles. The highest BCUT2D eigenvalue weighted by Crippen LogP contribution is 2.30. The van der Waals surface area contributed by atoms with Crippen molar-refractivity contribution < 1.29 is 9.53 Å². The number of fused-ring (bicyclic) bond motifs is 1. The SMILES string of the molecule is COc1ccc(-c2ccc3c(c2)CN(CCC(C)C)CCCCCCCN3C(C)=O)cn1. The van der Waals surface area contributed by atoms with Crippen LogP contribution < -0.4 is 9.64 Å². The Balaban J connectivity index is 1.98. The van der Waals surface area contributed by atoms with Crippen molar-refractivity contribution in [2.24, 2.45) is 5.92 Å². The van der Waals surface area contributed by atoms with Crippen molar-refractivity contribution >= 4 is 11.6 Å². The number of methoxy groups -OCH3 is 1. The van der Waals surface area contributed by atoms with Gasteiger partial charge in [0, 0.05) is 43.5 Å². The predicted molar refractivity (Wildman–Crippen MR) is 132 cm³/mol. The van der Waals surface area contributed by atoms with E-state index in [2.05, 4.69) is 41.9 Å². The van der Waals surface area contributed by atoms with Crippen molar-refractivity contribution in [2.45, 2.75) is 65.8 Å². The van der Waals surface area contributed by atoms with Crippen LogP contribution in [0.5, 0.6) is 5.88 Å². The van der Waals surface area contributed by atoms with E-state index >= 15 is 0 Å². The highest BCUT2D eigenvalue weighted by atomic mass is 16.5. The third kappa shape index (κ3) is 6.80. The first-order valence-electron chi connectivity index (χ1n) is 12.1. The first kappa shape index (κ1) is 24.2. The molecule has 1 aromatic carbocycles. The smallest absolute Gasteiger partial charge is 0.223 e. The van der Waals surface area contributed by atoms with Crippen LogP contribution in [0.2, 0.25) is 0 Å². The Morgan fingerprint density at radius 2 is 1.75 bits per heavy atom. The topological polar surface area (TPSA) is 45.7 Å². The van der Waals surface area contributed by atoms with E-state index in [0.717, 1.165) is 49.4 Å². The van der Waals surface area contributed by atoms with E-state index in [-0.39, 0.29) is 5.91 Å². The van der Waals surface area contributed by atoms with E-state index in [4.69, 9.17) is 4.74 Å². The zero-order chi connectivity index (χ0) is 22.9. The van der Waals surface area contributed by atoms with Crippen molar-refractivity contribution in [2.75, 3.05) is 31.6 Å². The predicted octanol–water partition coefficient (Wildman–Crippen LogP) is 5.92. The molecule has 0 atom stereocenters. The summed E-state index contributed by atoms with van der Waals surface area (Å²) in [5.41, 5.74) is 4.46. The molecule has 174 valence electrons. The molecule has 0 N–H and O–H groups in total. The lowest BCUT2D eigenvalue weighted by Gasteiger charge is -2.29. The number of carbonyl (C=O) groups is 1. The Bertz CT molecular complexity index is 864. The second-order valence-electron chi connectivity index (χ2n) is 9.33. The lowest BCUT2D eigenvalue weighted by atomic mass is 10.0. The molecular formula is C27H39N3O2. The van der Waals surface area contributed by atoms with Crippen LogP contribution in [-0.2, 0) is 11.3 Å². The molecule has 0 aliphatic carbocycles. The number of anilines is 1. The molecule has 1 amide bonds. The molecule has 0 saturated carbocycles. The number of hydrogen-bond acceptors (Lipinski definition) is 4. The fourth-order valence-electron chi connectivity index (χ4n) is 4.36. The third-order valence-corrected chi connectivity index (χ3v) is 6.30. The minimum atomic E-state index is 0.121. The summed E-state index contributed by atoms with van der Waals surface area (Å²) in [7, 11) is 1.63. The van der Waals surface area contributed by atoms with Gasteiger partial charge in [-0.25, -0.2) is 4.98 Å². The molecule has 2 aromatic rings. The van der Waals surface area contributed by atoms with Crippen molar-refractivity contribution in [3.05, 3.63) is 42.1 Å². The van der Waals surface area contributed by atoms with Gasteiger partial charge < -0.3 is 9.64 Å². The largest absolute Gasteiger partial charge is 0.481 e. The summed E-state index contributed by atoms with van der Waals surface area (Å²) in [5.74, 6) is 1.42. The van der Waals surface area contributed by atoms with Gasteiger partial charge in [0.2, 0.25) is 11.8 Å². The molecule has 3 rings (SSSR count). The Labute approximate surface area is 193 Å². The summed E-state index contributed by atoms with van der Waals surface area (Å²) >= 11 is 0. The molecule has 0 spiro atoms. The second kappa shape index (κ2) is 12.0. The summed E-state index contributed by atoms with van der Waals surface area (Å²) in [5, 5.41) is 0. The highest BCUT2D eigenvalue weighted by Gasteiger charge is 2.19. The number of benzene rings is 1.